The molecule has 1 saturated heterocycles. The molecule has 0 N–H and O–H groups in total. The zero-order valence-electron chi connectivity index (χ0n) is 15.4. The molecule has 1 aromatic carbocycles. The Kier molecular flexibility index (Phi) is 5.95. The van der Waals surface area contributed by atoms with Crippen molar-refractivity contribution in [2.45, 2.75) is 24.7 Å². The maximum absolute atomic E-state index is 13.5. The van der Waals surface area contributed by atoms with Crippen molar-refractivity contribution in [2.75, 3.05) is 18.1 Å². The number of alkyl halides is 6. The van der Waals surface area contributed by atoms with E-state index in [9.17, 15) is 26.3 Å². The molecule has 2 aromatic rings. The fourth-order valence-electron chi connectivity index (χ4n) is 2.96. The van der Waals surface area contributed by atoms with Crippen LogP contribution in [0.25, 0.3) is 0 Å². The smallest absolute Gasteiger partial charge is 0.433 e. The van der Waals surface area contributed by atoms with Crippen LogP contribution in [0, 0.1) is 22.7 Å². The van der Waals surface area contributed by atoms with Crippen LogP contribution in [0.1, 0.15) is 16.8 Å². The average molecular weight is 442 g/mol. The van der Waals surface area contributed by atoms with Crippen molar-refractivity contribution in [1.29, 1.82) is 10.5 Å². The maximum Gasteiger partial charge on any atom is 0.433 e. The lowest BCUT2D eigenvalue weighted by Gasteiger charge is -2.27. The largest absolute Gasteiger partial charge is 0.489 e. The number of anilines is 1. The van der Waals surface area contributed by atoms with Crippen molar-refractivity contribution in [1.82, 2.24) is 4.98 Å². The summed E-state index contributed by atoms with van der Waals surface area (Å²) in [5.41, 5.74) is -2.31. The van der Waals surface area contributed by atoms with Gasteiger partial charge in [0, 0.05) is 5.69 Å². The number of nitrogens with zero attached hydrogens (tertiary/aromatic N) is 4. The van der Waals surface area contributed by atoms with Crippen molar-refractivity contribution < 1.29 is 35.8 Å². The first-order valence-corrected chi connectivity index (χ1v) is 8.62. The number of rotatable bonds is 4. The molecule has 0 aliphatic carbocycles. The second-order valence-corrected chi connectivity index (χ2v) is 6.45. The molecular formula is C19H12F6N4O2. The van der Waals surface area contributed by atoms with Gasteiger partial charge in [0.05, 0.1) is 29.9 Å². The van der Waals surface area contributed by atoms with Crippen LogP contribution < -0.4 is 9.64 Å². The molecule has 0 saturated carbocycles. The SMILES string of the molecule is N#Cc1ccc(OCC2CN(c3ccc(C#N)c(C(F)(F)F)c3)C(C(F)(F)F)O2)cn1. The number of benzene rings is 1. The van der Waals surface area contributed by atoms with E-state index in [0.717, 1.165) is 12.1 Å². The zero-order valence-corrected chi connectivity index (χ0v) is 15.4. The van der Waals surface area contributed by atoms with Gasteiger partial charge in [0.1, 0.15) is 30.2 Å². The van der Waals surface area contributed by atoms with Crippen LogP contribution in [0.5, 0.6) is 5.75 Å². The molecule has 2 unspecified atom stereocenters. The number of pyridine rings is 1. The first kappa shape index (κ1) is 22.2. The quantitative estimate of drug-likeness (QED) is 0.666. The minimum atomic E-state index is -4.92. The molecule has 3 rings (SSSR count). The van der Waals surface area contributed by atoms with Crippen LogP contribution >= 0.6 is 0 Å². The Morgan fingerprint density at radius 1 is 1.10 bits per heavy atom. The number of halogens is 6. The van der Waals surface area contributed by atoms with Gasteiger partial charge in [-0.25, -0.2) is 4.98 Å². The average Bonchev–Trinajstić information content (AvgIpc) is 3.16. The van der Waals surface area contributed by atoms with E-state index < -0.39 is 48.0 Å². The van der Waals surface area contributed by atoms with Crippen molar-refractivity contribution >= 4 is 5.69 Å². The molecule has 162 valence electrons. The fourth-order valence-corrected chi connectivity index (χ4v) is 2.96. The predicted octanol–water partition coefficient (Wildman–Crippen LogP) is 4.02. The highest BCUT2D eigenvalue weighted by Gasteiger charge is 2.51. The lowest BCUT2D eigenvalue weighted by atomic mass is 10.1. The Morgan fingerprint density at radius 2 is 1.84 bits per heavy atom. The van der Waals surface area contributed by atoms with Crippen molar-refractivity contribution in [2.24, 2.45) is 0 Å². The summed E-state index contributed by atoms with van der Waals surface area (Å²) in [5.74, 6) is 0.183. The van der Waals surface area contributed by atoms with Gasteiger partial charge in [-0.3, -0.25) is 0 Å². The zero-order chi connectivity index (χ0) is 22.8. The molecule has 2 heterocycles. The van der Waals surface area contributed by atoms with Crippen molar-refractivity contribution in [3.05, 3.63) is 53.3 Å². The van der Waals surface area contributed by atoms with Gasteiger partial charge in [-0.2, -0.15) is 36.9 Å². The summed E-state index contributed by atoms with van der Waals surface area (Å²) in [6.07, 6.45) is -12.2. The second kappa shape index (κ2) is 8.32. The van der Waals surface area contributed by atoms with Crippen LogP contribution in [0.2, 0.25) is 0 Å². The van der Waals surface area contributed by atoms with Crippen LogP contribution in [0.15, 0.2) is 36.5 Å². The summed E-state index contributed by atoms with van der Waals surface area (Å²) >= 11 is 0. The summed E-state index contributed by atoms with van der Waals surface area (Å²) in [7, 11) is 0. The van der Waals surface area contributed by atoms with Gasteiger partial charge in [0.15, 0.2) is 0 Å². The molecule has 12 heteroatoms. The van der Waals surface area contributed by atoms with Gasteiger partial charge in [-0.15, -0.1) is 0 Å². The van der Waals surface area contributed by atoms with Gasteiger partial charge in [0.2, 0.25) is 6.23 Å². The minimum absolute atomic E-state index is 0.120. The molecule has 0 spiro atoms. The molecule has 1 aromatic heterocycles. The van der Waals surface area contributed by atoms with Gasteiger partial charge < -0.3 is 14.4 Å². The Bertz CT molecular complexity index is 1020. The lowest BCUT2D eigenvalue weighted by molar-refractivity contribution is -0.215. The number of hydrogen-bond acceptors (Lipinski definition) is 6. The van der Waals surface area contributed by atoms with E-state index in [0.29, 0.717) is 11.0 Å². The Balaban J connectivity index is 1.82. The van der Waals surface area contributed by atoms with Crippen molar-refractivity contribution in [3.63, 3.8) is 0 Å². The first-order chi connectivity index (χ1) is 14.5. The van der Waals surface area contributed by atoms with Gasteiger partial charge in [-0.1, -0.05) is 0 Å². The van der Waals surface area contributed by atoms with Crippen LogP contribution in [0.3, 0.4) is 0 Å². The second-order valence-electron chi connectivity index (χ2n) is 6.45. The highest BCUT2D eigenvalue weighted by atomic mass is 19.4. The summed E-state index contributed by atoms with van der Waals surface area (Å²) in [6, 6.07) is 8.24. The normalized spacial score (nSPS) is 19.0. The van der Waals surface area contributed by atoms with E-state index in [-0.39, 0.29) is 18.1 Å². The van der Waals surface area contributed by atoms with Crippen LogP contribution in [-0.2, 0) is 10.9 Å². The third-order valence-electron chi connectivity index (χ3n) is 4.33. The monoisotopic (exact) mass is 442 g/mol. The number of ether oxygens (including phenoxy) is 2. The van der Waals surface area contributed by atoms with E-state index in [2.05, 4.69) is 4.98 Å². The molecular weight excluding hydrogens is 430 g/mol. The maximum atomic E-state index is 13.5. The van der Waals surface area contributed by atoms with E-state index in [1.165, 1.54) is 24.4 Å². The molecule has 2 atom stereocenters. The van der Waals surface area contributed by atoms with E-state index in [1.807, 2.05) is 0 Å². The van der Waals surface area contributed by atoms with E-state index >= 15 is 0 Å². The van der Waals surface area contributed by atoms with E-state index in [1.54, 1.807) is 6.07 Å². The molecule has 31 heavy (non-hydrogen) atoms. The summed E-state index contributed by atoms with van der Waals surface area (Å²) in [5, 5.41) is 17.6. The Hall–Kier alpha value is -3.51. The molecule has 0 radical (unpaired) electrons. The van der Waals surface area contributed by atoms with Gasteiger partial charge in [0.25, 0.3) is 0 Å². The molecule has 0 amide bonds. The summed E-state index contributed by atoms with van der Waals surface area (Å²) in [6.45, 7) is -0.740. The van der Waals surface area contributed by atoms with Gasteiger partial charge in [-0.05, 0) is 30.3 Å². The summed E-state index contributed by atoms with van der Waals surface area (Å²) < 4.78 is 90.4. The number of hydrogen-bond donors (Lipinski definition) is 0. The lowest BCUT2D eigenvalue weighted by Crippen LogP contribution is -2.42. The molecule has 1 aliphatic rings. The van der Waals surface area contributed by atoms with E-state index in [4.69, 9.17) is 20.0 Å². The number of nitriles is 2. The minimum Gasteiger partial charge on any atom is -0.489 e. The fraction of sp³-hybridized carbons (Fsp3) is 0.316. The van der Waals surface area contributed by atoms with Crippen LogP contribution in [0.4, 0.5) is 32.0 Å². The molecule has 6 nitrogen and oxygen atoms in total. The molecule has 1 aliphatic heterocycles. The highest BCUT2D eigenvalue weighted by Crippen LogP contribution is 2.39. The summed E-state index contributed by atoms with van der Waals surface area (Å²) in [4.78, 5) is 4.40. The first-order valence-electron chi connectivity index (χ1n) is 8.62. The highest BCUT2D eigenvalue weighted by molar-refractivity contribution is 5.56. The Morgan fingerprint density at radius 3 is 2.39 bits per heavy atom. The molecule has 1 fully saturated rings. The Labute approximate surface area is 171 Å². The third-order valence-corrected chi connectivity index (χ3v) is 4.33. The van der Waals surface area contributed by atoms with Gasteiger partial charge >= 0.3 is 12.4 Å². The standard InChI is InChI=1S/C19H12F6N4O2/c20-18(21,22)16-5-13(3-1-11(16)6-26)29-9-15(31-17(29)19(23,24)25)10-30-14-4-2-12(7-27)28-8-14/h1-5,8,15,17H,9-10H2. The topological polar surface area (TPSA) is 82.2 Å². The molecule has 0 bridgehead atoms. The third kappa shape index (κ3) is 4.98. The van der Waals surface area contributed by atoms with Crippen molar-refractivity contribution in [3.8, 4) is 17.9 Å². The predicted molar refractivity (Wildman–Crippen MR) is 92.7 cm³/mol. The number of aromatic nitrogens is 1. The van der Waals surface area contributed by atoms with Crippen LogP contribution in [-0.4, -0.2) is 36.6 Å².